The highest BCUT2D eigenvalue weighted by Gasteiger charge is 2.30. The molecule has 6 nitrogen and oxygen atoms in total. The van der Waals surface area contributed by atoms with Crippen molar-refractivity contribution in [3.8, 4) is 0 Å². The van der Waals surface area contributed by atoms with E-state index < -0.39 is 0 Å². The van der Waals surface area contributed by atoms with Gasteiger partial charge < -0.3 is 15.1 Å². The van der Waals surface area contributed by atoms with Crippen LogP contribution in [0.25, 0.3) is 0 Å². The van der Waals surface area contributed by atoms with Crippen molar-refractivity contribution in [3.05, 3.63) is 100 Å². The third-order valence-corrected chi connectivity index (χ3v) is 6.03. The predicted octanol–water partition coefficient (Wildman–Crippen LogP) is 4.67. The van der Waals surface area contributed by atoms with Gasteiger partial charge in [0, 0.05) is 37.9 Å². The molecule has 0 bridgehead atoms. The Balaban J connectivity index is 1.41. The molecular weight excluding hydrogens is 436 g/mol. The van der Waals surface area contributed by atoms with Gasteiger partial charge in [0.05, 0.1) is 5.56 Å². The number of likely N-dealkylation sites (tertiary alicyclic amines) is 1. The van der Waals surface area contributed by atoms with Gasteiger partial charge in [0.2, 0.25) is 0 Å². The van der Waals surface area contributed by atoms with Crippen LogP contribution in [-0.4, -0.2) is 45.9 Å². The Morgan fingerprint density at radius 3 is 2.18 bits per heavy atom. The molecule has 1 saturated heterocycles. The summed E-state index contributed by atoms with van der Waals surface area (Å²) in [5.41, 5.74) is 3.28. The molecule has 33 heavy (non-hydrogen) atoms. The van der Waals surface area contributed by atoms with E-state index in [0.717, 1.165) is 16.8 Å². The molecule has 1 aromatic heterocycles. The van der Waals surface area contributed by atoms with E-state index in [0.29, 0.717) is 38.2 Å². The van der Waals surface area contributed by atoms with Gasteiger partial charge in [-0.2, -0.15) is 0 Å². The van der Waals surface area contributed by atoms with Crippen LogP contribution in [0.2, 0.25) is 5.15 Å². The third-order valence-electron chi connectivity index (χ3n) is 5.74. The first-order valence-electron chi connectivity index (χ1n) is 11.1. The Hall–Kier alpha value is -3.38. The van der Waals surface area contributed by atoms with Gasteiger partial charge in [0.1, 0.15) is 5.15 Å². The summed E-state index contributed by atoms with van der Waals surface area (Å²) < 4.78 is 0. The van der Waals surface area contributed by atoms with Crippen molar-refractivity contribution >= 4 is 23.5 Å². The van der Waals surface area contributed by atoms with E-state index >= 15 is 0 Å². The molecule has 170 valence electrons. The number of halogens is 1. The first kappa shape index (κ1) is 22.8. The summed E-state index contributed by atoms with van der Waals surface area (Å²) in [6.45, 7) is 3.84. The minimum Gasteiger partial charge on any atom is -0.336 e. The average molecular weight is 463 g/mol. The second-order valence-corrected chi connectivity index (χ2v) is 8.66. The van der Waals surface area contributed by atoms with Gasteiger partial charge in [-0.25, -0.2) is 9.78 Å². The molecule has 1 N–H and O–H groups in total. The zero-order valence-electron chi connectivity index (χ0n) is 18.6. The standard InChI is InChI=1S/C26H27ClN4O2/c1-19-12-13-23(24(27)28-19)25(32)30-15-14-22(18-30)29-26(33)31(16-20-8-4-2-5-9-20)17-21-10-6-3-7-11-21/h2-13,22H,14-18H2,1H3,(H,29,33)/t22-/m1/s1. The summed E-state index contributed by atoms with van der Waals surface area (Å²) in [7, 11) is 0. The SMILES string of the molecule is Cc1ccc(C(=O)N2CC[C@@H](NC(=O)N(Cc3ccccc3)Cc3ccccc3)C2)c(Cl)n1. The highest BCUT2D eigenvalue weighted by atomic mass is 35.5. The second kappa shape index (κ2) is 10.5. The number of aryl methyl sites for hydroxylation is 1. The van der Waals surface area contributed by atoms with Crippen molar-refractivity contribution in [2.45, 2.75) is 32.5 Å². The summed E-state index contributed by atoms with van der Waals surface area (Å²) in [6, 6.07) is 23.1. The van der Waals surface area contributed by atoms with E-state index in [-0.39, 0.29) is 23.1 Å². The summed E-state index contributed by atoms with van der Waals surface area (Å²) in [5, 5.41) is 3.34. The number of benzene rings is 2. The molecule has 1 aliphatic rings. The molecule has 1 aliphatic heterocycles. The van der Waals surface area contributed by atoms with E-state index in [1.165, 1.54) is 0 Å². The van der Waals surface area contributed by atoms with E-state index in [2.05, 4.69) is 10.3 Å². The fraction of sp³-hybridized carbons (Fsp3) is 0.269. The first-order valence-corrected chi connectivity index (χ1v) is 11.4. The van der Waals surface area contributed by atoms with E-state index in [4.69, 9.17) is 11.6 Å². The number of aromatic nitrogens is 1. The molecule has 0 aliphatic carbocycles. The average Bonchev–Trinajstić information content (AvgIpc) is 3.28. The van der Waals surface area contributed by atoms with Crippen LogP contribution in [0.1, 0.15) is 33.6 Å². The van der Waals surface area contributed by atoms with Crippen LogP contribution in [-0.2, 0) is 13.1 Å². The van der Waals surface area contributed by atoms with Gasteiger partial charge in [0.25, 0.3) is 5.91 Å². The minimum atomic E-state index is -0.158. The van der Waals surface area contributed by atoms with Gasteiger partial charge in [-0.05, 0) is 36.6 Å². The van der Waals surface area contributed by atoms with Crippen LogP contribution in [0, 0.1) is 6.92 Å². The topological polar surface area (TPSA) is 65.5 Å². The van der Waals surface area contributed by atoms with Crippen molar-refractivity contribution in [1.82, 2.24) is 20.1 Å². The van der Waals surface area contributed by atoms with Crippen LogP contribution in [0.5, 0.6) is 0 Å². The largest absolute Gasteiger partial charge is 0.336 e. The monoisotopic (exact) mass is 462 g/mol. The maximum atomic E-state index is 13.2. The molecule has 1 atom stereocenters. The van der Waals surface area contributed by atoms with Crippen LogP contribution in [0.15, 0.2) is 72.8 Å². The fourth-order valence-electron chi connectivity index (χ4n) is 3.99. The molecule has 0 unspecified atom stereocenters. The molecule has 2 aromatic carbocycles. The Morgan fingerprint density at radius 1 is 1.00 bits per heavy atom. The molecule has 0 radical (unpaired) electrons. The minimum absolute atomic E-state index is 0.118. The van der Waals surface area contributed by atoms with Crippen LogP contribution in [0.4, 0.5) is 4.79 Å². The predicted molar refractivity (Wildman–Crippen MR) is 129 cm³/mol. The van der Waals surface area contributed by atoms with Crippen LogP contribution in [0.3, 0.4) is 0 Å². The number of urea groups is 1. The number of amides is 3. The molecule has 0 spiro atoms. The Morgan fingerprint density at radius 2 is 1.61 bits per heavy atom. The number of nitrogens with zero attached hydrogens (tertiary/aromatic N) is 3. The number of hydrogen-bond acceptors (Lipinski definition) is 3. The van der Waals surface area contributed by atoms with Gasteiger partial charge in [0.15, 0.2) is 0 Å². The number of nitrogens with one attached hydrogen (secondary N) is 1. The Bertz CT molecular complexity index is 1070. The summed E-state index contributed by atoms with van der Waals surface area (Å²) in [4.78, 5) is 33.8. The van der Waals surface area contributed by atoms with Gasteiger partial charge >= 0.3 is 6.03 Å². The van der Waals surface area contributed by atoms with Gasteiger partial charge in [-0.15, -0.1) is 0 Å². The summed E-state index contributed by atoms with van der Waals surface area (Å²) in [5.74, 6) is -0.158. The van der Waals surface area contributed by atoms with Crippen LogP contribution >= 0.6 is 11.6 Å². The number of carbonyl (C=O) groups excluding carboxylic acids is 2. The zero-order chi connectivity index (χ0) is 23.2. The molecule has 4 rings (SSSR count). The zero-order valence-corrected chi connectivity index (χ0v) is 19.3. The van der Waals surface area contributed by atoms with Crippen LogP contribution < -0.4 is 5.32 Å². The lowest BCUT2D eigenvalue weighted by atomic mass is 10.1. The van der Waals surface area contributed by atoms with Gasteiger partial charge in [-0.1, -0.05) is 72.3 Å². The molecule has 3 amide bonds. The van der Waals surface area contributed by atoms with Crippen molar-refractivity contribution in [1.29, 1.82) is 0 Å². The maximum absolute atomic E-state index is 13.2. The van der Waals surface area contributed by atoms with Gasteiger partial charge in [-0.3, -0.25) is 4.79 Å². The number of hydrogen-bond donors (Lipinski definition) is 1. The quantitative estimate of drug-likeness (QED) is 0.541. The lowest BCUT2D eigenvalue weighted by molar-refractivity contribution is 0.0788. The highest BCUT2D eigenvalue weighted by molar-refractivity contribution is 6.32. The lowest BCUT2D eigenvalue weighted by Gasteiger charge is -2.26. The fourth-order valence-corrected chi connectivity index (χ4v) is 4.27. The van der Waals surface area contributed by atoms with Crippen molar-refractivity contribution in [2.75, 3.05) is 13.1 Å². The highest BCUT2D eigenvalue weighted by Crippen LogP contribution is 2.20. The smallest absolute Gasteiger partial charge is 0.318 e. The van der Waals surface area contributed by atoms with E-state index in [9.17, 15) is 9.59 Å². The number of rotatable bonds is 6. The molecule has 7 heteroatoms. The second-order valence-electron chi connectivity index (χ2n) is 8.30. The van der Waals surface area contributed by atoms with Crippen molar-refractivity contribution < 1.29 is 9.59 Å². The maximum Gasteiger partial charge on any atom is 0.318 e. The molecule has 2 heterocycles. The summed E-state index contributed by atoms with van der Waals surface area (Å²) >= 11 is 6.18. The first-order chi connectivity index (χ1) is 16.0. The Kier molecular flexibility index (Phi) is 7.25. The van der Waals surface area contributed by atoms with E-state index in [1.54, 1.807) is 21.9 Å². The van der Waals surface area contributed by atoms with Crippen molar-refractivity contribution in [2.24, 2.45) is 0 Å². The Labute approximate surface area is 199 Å². The normalized spacial score (nSPS) is 15.3. The molecule has 3 aromatic rings. The molecule has 1 fully saturated rings. The van der Waals surface area contributed by atoms with Crippen molar-refractivity contribution in [3.63, 3.8) is 0 Å². The lowest BCUT2D eigenvalue weighted by Crippen LogP contribution is -2.45. The molecular formula is C26H27ClN4O2. The third kappa shape index (κ3) is 5.90. The van der Waals surface area contributed by atoms with E-state index in [1.807, 2.05) is 67.6 Å². The summed E-state index contributed by atoms with van der Waals surface area (Å²) in [6.07, 6.45) is 0.693. The number of pyridine rings is 1. The number of carbonyl (C=O) groups is 2. The molecule has 0 saturated carbocycles.